The van der Waals surface area contributed by atoms with Crippen LogP contribution < -0.4 is 10.2 Å². The van der Waals surface area contributed by atoms with Crippen molar-refractivity contribution < 1.29 is 9.59 Å². The fourth-order valence-electron chi connectivity index (χ4n) is 2.12. The first-order valence-corrected chi connectivity index (χ1v) is 6.82. The number of fused-ring (bicyclic) bond motifs is 1. The Morgan fingerprint density at radius 3 is 2.61 bits per heavy atom. The molecule has 0 aromatic heterocycles. The van der Waals surface area contributed by atoms with Crippen molar-refractivity contribution in [3.8, 4) is 0 Å². The van der Waals surface area contributed by atoms with Gasteiger partial charge >= 0.3 is 0 Å². The molecule has 2 rings (SSSR count). The molecule has 18 heavy (non-hydrogen) atoms. The van der Waals surface area contributed by atoms with Gasteiger partial charge in [-0.1, -0.05) is 6.92 Å². The molecule has 1 amide bonds. The highest BCUT2D eigenvalue weighted by Crippen LogP contribution is 2.35. The van der Waals surface area contributed by atoms with Crippen LogP contribution in [-0.4, -0.2) is 24.8 Å². The van der Waals surface area contributed by atoms with E-state index in [4.69, 9.17) is 0 Å². The Balaban J connectivity index is 2.43. The molecule has 0 saturated carbocycles. The molecule has 1 aliphatic heterocycles. The third kappa shape index (κ3) is 2.14. The molecule has 96 valence electrons. The Bertz CT molecular complexity index is 514. The number of anilines is 2. The van der Waals surface area contributed by atoms with Crippen molar-refractivity contribution in [2.45, 2.75) is 20.3 Å². The van der Waals surface area contributed by atoms with Gasteiger partial charge in [-0.05, 0) is 41.4 Å². The molecule has 1 N–H and O–H groups in total. The number of hydrogen-bond acceptors (Lipinski definition) is 3. The van der Waals surface area contributed by atoms with Gasteiger partial charge in [0.2, 0.25) is 0 Å². The van der Waals surface area contributed by atoms with Gasteiger partial charge in [-0.25, -0.2) is 0 Å². The number of rotatable bonds is 4. The van der Waals surface area contributed by atoms with E-state index < -0.39 is 11.7 Å². The molecule has 4 nitrogen and oxygen atoms in total. The number of halogens is 1. The normalized spacial score (nSPS) is 13.5. The average Bonchev–Trinajstić information content (AvgIpc) is 2.62. The molecule has 0 radical (unpaired) electrons. The highest BCUT2D eigenvalue weighted by atomic mass is 79.9. The zero-order valence-corrected chi connectivity index (χ0v) is 12.0. The lowest BCUT2D eigenvalue weighted by Gasteiger charge is -2.24. The summed E-state index contributed by atoms with van der Waals surface area (Å²) < 4.78 is 0.849. The maximum atomic E-state index is 11.6. The summed E-state index contributed by atoms with van der Waals surface area (Å²) in [6.07, 6.45) is 1.04. The van der Waals surface area contributed by atoms with Crippen molar-refractivity contribution in [1.29, 1.82) is 0 Å². The van der Waals surface area contributed by atoms with Crippen LogP contribution in [-0.2, 0) is 4.79 Å². The molecule has 1 aliphatic rings. The van der Waals surface area contributed by atoms with E-state index in [0.29, 0.717) is 11.3 Å². The zero-order chi connectivity index (χ0) is 13.3. The Labute approximate surface area is 114 Å². The lowest BCUT2D eigenvalue weighted by molar-refractivity contribution is -0.112. The third-order valence-corrected chi connectivity index (χ3v) is 3.64. The summed E-state index contributed by atoms with van der Waals surface area (Å²) in [5.41, 5.74) is 2.06. The van der Waals surface area contributed by atoms with Crippen LogP contribution in [0.4, 0.5) is 11.4 Å². The second-order valence-electron chi connectivity index (χ2n) is 4.21. The topological polar surface area (TPSA) is 49.4 Å². The van der Waals surface area contributed by atoms with Gasteiger partial charge in [-0.15, -0.1) is 0 Å². The molecule has 0 bridgehead atoms. The summed E-state index contributed by atoms with van der Waals surface area (Å²) >= 11 is 3.48. The second kappa shape index (κ2) is 5.10. The summed E-state index contributed by atoms with van der Waals surface area (Å²) in [4.78, 5) is 25.1. The van der Waals surface area contributed by atoms with Crippen molar-refractivity contribution >= 4 is 39.0 Å². The monoisotopic (exact) mass is 310 g/mol. The van der Waals surface area contributed by atoms with E-state index in [1.807, 2.05) is 6.07 Å². The minimum absolute atomic E-state index is 0.447. The summed E-state index contributed by atoms with van der Waals surface area (Å²) in [5, 5.41) is 2.60. The largest absolute Gasteiger partial charge is 0.371 e. The minimum Gasteiger partial charge on any atom is -0.371 e. The summed E-state index contributed by atoms with van der Waals surface area (Å²) in [6.45, 7) is 6.02. The molecule has 5 heteroatoms. The second-order valence-corrected chi connectivity index (χ2v) is 5.07. The zero-order valence-electron chi connectivity index (χ0n) is 10.4. The molecule has 1 heterocycles. The minimum atomic E-state index is -0.549. The molecule has 0 spiro atoms. The van der Waals surface area contributed by atoms with E-state index in [0.717, 1.165) is 29.7 Å². The predicted molar refractivity (Wildman–Crippen MR) is 75.3 cm³/mol. The Morgan fingerprint density at radius 1 is 1.28 bits per heavy atom. The number of Topliss-reactive ketones (excluding diaryl/α,β-unsaturated/α-hetero) is 1. The molecule has 0 atom stereocenters. The van der Waals surface area contributed by atoms with Crippen LogP contribution >= 0.6 is 15.9 Å². The van der Waals surface area contributed by atoms with Crippen LogP contribution in [0.1, 0.15) is 30.6 Å². The maximum Gasteiger partial charge on any atom is 0.296 e. The van der Waals surface area contributed by atoms with Crippen LogP contribution in [0.15, 0.2) is 16.6 Å². The molecular formula is C13H15BrN2O2. The third-order valence-electron chi connectivity index (χ3n) is 3.00. The summed E-state index contributed by atoms with van der Waals surface area (Å²) in [6, 6.07) is 3.59. The standard InChI is InChI=1S/C13H15BrN2O2/c1-3-5-16(4-2)11-7-10-8(6-9(11)14)12(17)13(18)15-10/h6-7H,3-5H2,1-2H3,(H,15,17,18). The quantitative estimate of drug-likeness (QED) is 0.870. The number of carbonyl (C=O) groups excluding carboxylic acids is 2. The van der Waals surface area contributed by atoms with Gasteiger partial charge in [0.1, 0.15) is 0 Å². The number of benzene rings is 1. The van der Waals surface area contributed by atoms with Gasteiger partial charge in [0, 0.05) is 17.6 Å². The maximum absolute atomic E-state index is 11.6. The highest BCUT2D eigenvalue weighted by Gasteiger charge is 2.29. The summed E-state index contributed by atoms with van der Waals surface area (Å²) in [7, 11) is 0. The Kier molecular flexibility index (Phi) is 3.71. The molecule has 1 aromatic carbocycles. The molecule has 0 unspecified atom stereocenters. The van der Waals surface area contributed by atoms with E-state index in [2.05, 4.69) is 40.0 Å². The smallest absolute Gasteiger partial charge is 0.296 e. The molecule has 0 aliphatic carbocycles. The van der Waals surface area contributed by atoms with Crippen molar-refractivity contribution in [3.05, 3.63) is 22.2 Å². The van der Waals surface area contributed by atoms with Gasteiger partial charge in [-0.3, -0.25) is 9.59 Å². The lowest BCUT2D eigenvalue weighted by atomic mass is 10.1. The number of amides is 1. The number of carbonyl (C=O) groups is 2. The highest BCUT2D eigenvalue weighted by molar-refractivity contribution is 9.10. The first kappa shape index (κ1) is 13.1. The average molecular weight is 311 g/mol. The Morgan fingerprint density at radius 2 is 2.00 bits per heavy atom. The first-order valence-electron chi connectivity index (χ1n) is 6.02. The number of hydrogen-bond donors (Lipinski definition) is 1. The number of nitrogens with one attached hydrogen (secondary N) is 1. The van der Waals surface area contributed by atoms with Crippen molar-refractivity contribution in [1.82, 2.24) is 0 Å². The van der Waals surface area contributed by atoms with Crippen molar-refractivity contribution in [2.24, 2.45) is 0 Å². The van der Waals surface area contributed by atoms with Crippen LogP contribution in [0.3, 0.4) is 0 Å². The summed E-state index contributed by atoms with van der Waals surface area (Å²) in [5.74, 6) is -1.01. The molecule has 0 fully saturated rings. The van der Waals surface area contributed by atoms with Crippen LogP contribution in [0.25, 0.3) is 0 Å². The van der Waals surface area contributed by atoms with Crippen molar-refractivity contribution in [3.63, 3.8) is 0 Å². The van der Waals surface area contributed by atoms with Gasteiger partial charge in [0.15, 0.2) is 0 Å². The van der Waals surface area contributed by atoms with Gasteiger partial charge in [-0.2, -0.15) is 0 Å². The Hall–Kier alpha value is -1.36. The van der Waals surface area contributed by atoms with E-state index >= 15 is 0 Å². The van der Waals surface area contributed by atoms with E-state index in [1.54, 1.807) is 6.07 Å². The van der Waals surface area contributed by atoms with Crippen molar-refractivity contribution in [2.75, 3.05) is 23.3 Å². The van der Waals surface area contributed by atoms with Gasteiger partial charge in [0.25, 0.3) is 11.7 Å². The predicted octanol–water partition coefficient (Wildman–Crippen LogP) is 2.82. The SMILES string of the molecule is CCCN(CC)c1cc2c(cc1Br)C(=O)C(=O)N2. The number of ketones is 1. The number of nitrogens with zero attached hydrogens (tertiary/aromatic N) is 1. The van der Waals surface area contributed by atoms with Crippen LogP contribution in [0, 0.1) is 0 Å². The fraction of sp³-hybridized carbons (Fsp3) is 0.385. The molecule has 1 aromatic rings. The van der Waals surface area contributed by atoms with E-state index in [9.17, 15) is 9.59 Å². The molecular weight excluding hydrogens is 296 g/mol. The van der Waals surface area contributed by atoms with E-state index in [1.165, 1.54) is 0 Å². The first-order chi connectivity index (χ1) is 8.58. The van der Waals surface area contributed by atoms with Gasteiger partial charge < -0.3 is 10.2 Å². The lowest BCUT2D eigenvalue weighted by Crippen LogP contribution is -2.23. The van der Waals surface area contributed by atoms with E-state index in [-0.39, 0.29) is 0 Å². The van der Waals surface area contributed by atoms with Crippen LogP contribution in [0.5, 0.6) is 0 Å². The van der Waals surface area contributed by atoms with Crippen LogP contribution in [0.2, 0.25) is 0 Å². The van der Waals surface area contributed by atoms with Gasteiger partial charge in [0.05, 0.1) is 16.9 Å². The fourth-order valence-corrected chi connectivity index (χ4v) is 2.71. The molecule has 0 saturated heterocycles.